The Morgan fingerprint density at radius 1 is 1.41 bits per heavy atom. The van der Waals surface area contributed by atoms with E-state index in [1.807, 2.05) is 19.1 Å². The molecular weight excluding hydrogens is 280 g/mol. The number of esters is 2. The van der Waals surface area contributed by atoms with E-state index < -0.39 is 0 Å². The van der Waals surface area contributed by atoms with Gasteiger partial charge in [-0.2, -0.15) is 0 Å². The van der Waals surface area contributed by atoms with E-state index in [1.165, 1.54) is 0 Å². The van der Waals surface area contributed by atoms with Crippen LogP contribution in [0.4, 0.5) is 0 Å². The molecule has 1 aromatic carbocycles. The molecule has 2 bridgehead atoms. The summed E-state index contributed by atoms with van der Waals surface area (Å²) in [6.45, 7) is 5.67. The summed E-state index contributed by atoms with van der Waals surface area (Å²) in [5.41, 5.74) is 1.11. The molecule has 0 aromatic heterocycles. The zero-order chi connectivity index (χ0) is 15.5. The standard InChI is InChI=1S/C18H18O4/c1-3-10-4-6-11(7-5-10)16(19)21-14-12-8-13-15(14)22-17(20)18(13,2)9-12/h3-7,12-15H,1,8-9H2,2H3. The van der Waals surface area contributed by atoms with Crippen molar-refractivity contribution < 1.29 is 19.1 Å². The zero-order valence-electron chi connectivity index (χ0n) is 12.5. The number of hydrogen-bond donors (Lipinski definition) is 0. The van der Waals surface area contributed by atoms with Crippen LogP contribution in [0.25, 0.3) is 6.08 Å². The fourth-order valence-corrected chi connectivity index (χ4v) is 4.36. The predicted octanol–water partition coefficient (Wildman–Crippen LogP) is 2.83. The molecule has 3 aliphatic rings. The second kappa shape index (κ2) is 4.45. The summed E-state index contributed by atoms with van der Waals surface area (Å²) in [7, 11) is 0. The van der Waals surface area contributed by atoms with Crippen molar-refractivity contribution in [3.05, 3.63) is 42.0 Å². The van der Waals surface area contributed by atoms with Crippen LogP contribution in [0, 0.1) is 17.3 Å². The highest BCUT2D eigenvalue weighted by Gasteiger charge is 2.69. The number of ether oxygens (including phenoxy) is 2. The summed E-state index contributed by atoms with van der Waals surface area (Å²) in [4.78, 5) is 24.3. The van der Waals surface area contributed by atoms with Gasteiger partial charge in [0, 0.05) is 11.8 Å². The lowest BCUT2D eigenvalue weighted by molar-refractivity contribution is -0.149. The highest BCUT2D eigenvalue weighted by atomic mass is 16.6. The Morgan fingerprint density at radius 3 is 2.82 bits per heavy atom. The van der Waals surface area contributed by atoms with Crippen molar-refractivity contribution in [2.45, 2.75) is 32.0 Å². The van der Waals surface area contributed by atoms with Gasteiger partial charge >= 0.3 is 11.9 Å². The Kier molecular flexibility index (Phi) is 2.74. The van der Waals surface area contributed by atoms with Crippen molar-refractivity contribution in [3.8, 4) is 0 Å². The maximum atomic E-state index is 12.3. The van der Waals surface area contributed by atoms with Crippen molar-refractivity contribution in [2.24, 2.45) is 17.3 Å². The van der Waals surface area contributed by atoms with Crippen LogP contribution in [0.1, 0.15) is 35.7 Å². The van der Waals surface area contributed by atoms with Gasteiger partial charge in [-0.3, -0.25) is 4.79 Å². The van der Waals surface area contributed by atoms with Crippen LogP contribution in [0.3, 0.4) is 0 Å². The molecule has 4 nitrogen and oxygen atoms in total. The summed E-state index contributed by atoms with van der Waals surface area (Å²) < 4.78 is 11.2. The SMILES string of the molecule is C=Cc1ccc(C(=O)OC2C3CC4C2OC(=O)C4(C)C3)cc1. The topological polar surface area (TPSA) is 52.6 Å². The number of rotatable bonds is 3. The molecule has 0 radical (unpaired) electrons. The highest BCUT2D eigenvalue weighted by molar-refractivity contribution is 5.90. The third-order valence-electron chi connectivity index (χ3n) is 5.58. The summed E-state index contributed by atoms with van der Waals surface area (Å²) in [5, 5.41) is 0. The summed E-state index contributed by atoms with van der Waals surface area (Å²) in [5.74, 6) is -0.0366. The van der Waals surface area contributed by atoms with Crippen molar-refractivity contribution in [2.75, 3.05) is 0 Å². The largest absolute Gasteiger partial charge is 0.458 e. The number of carbonyl (C=O) groups excluding carboxylic acids is 2. The monoisotopic (exact) mass is 298 g/mol. The number of carbonyl (C=O) groups is 2. The Hall–Kier alpha value is -2.10. The van der Waals surface area contributed by atoms with E-state index in [4.69, 9.17) is 9.47 Å². The summed E-state index contributed by atoms with van der Waals surface area (Å²) in [6, 6.07) is 7.13. The lowest BCUT2D eigenvalue weighted by Crippen LogP contribution is -2.39. The van der Waals surface area contributed by atoms with Gasteiger partial charge in [-0.05, 0) is 37.5 Å². The molecule has 1 aliphatic heterocycles. The zero-order valence-corrected chi connectivity index (χ0v) is 12.5. The second-order valence-corrected chi connectivity index (χ2v) is 6.79. The molecule has 2 saturated carbocycles. The van der Waals surface area contributed by atoms with Gasteiger partial charge in [-0.15, -0.1) is 0 Å². The molecule has 1 heterocycles. The smallest absolute Gasteiger partial charge is 0.338 e. The van der Waals surface area contributed by atoms with Crippen LogP contribution in [0.2, 0.25) is 0 Å². The molecule has 0 N–H and O–H groups in total. The van der Waals surface area contributed by atoms with Crippen LogP contribution in [0.5, 0.6) is 0 Å². The average molecular weight is 298 g/mol. The molecule has 2 aliphatic carbocycles. The van der Waals surface area contributed by atoms with Gasteiger partial charge < -0.3 is 9.47 Å². The van der Waals surface area contributed by atoms with Gasteiger partial charge in [-0.25, -0.2) is 4.79 Å². The Balaban J connectivity index is 1.52. The van der Waals surface area contributed by atoms with Gasteiger partial charge in [0.05, 0.1) is 11.0 Å². The van der Waals surface area contributed by atoms with Crippen LogP contribution in [-0.2, 0) is 14.3 Å². The number of fused-ring (bicyclic) bond motifs is 1. The van der Waals surface area contributed by atoms with E-state index in [9.17, 15) is 9.59 Å². The minimum atomic E-state index is -0.357. The third kappa shape index (κ3) is 1.70. The van der Waals surface area contributed by atoms with E-state index in [0.717, 1.165) is 18.4 Å². The first-order valence-corrected chi connectivity index (χ1v) is 7.67. The molecule has 4 heteroatoms. The average Bonchev–Trinajstić information content (AvgIpc) is 3.08. The van der Waals surface area contributed by atoms with Gasteiger partial charge in [0.2, 0.25) is 0 Å². The Bertz CT molecular complexity index is 662. The molecule has 114 valence electrons. The fourth-order valence-electron chi connectivity index (χ4n) is 4.36. The molecule has 3 fully saturated rings. The Labute approximate surface area is 129 Å². The molecule has 5 unspecified atom stereocenters. The van der Waals surface area contributed by atoms with E-state index in [-0.39, 0.29) is 41.4 Å². The van der Waals surface area contributed by atoms with Gasteiger partial charge in [0.1, 0.15) is 12.2 Å². The third-order valence-corrected chi connectivity index (χ3v) is 5.58. The maximum absolute atomic E-state index is 12.3. The van der Waals surface area contributed by atoms with Crippen molar-refractivity contribution >= 4 is 18.0 Å². The van der Waals surface area contributed by atoms with Gasteiger partial charge in [0.25, 0.3) is 0 Å². The molecule has 0 spiro atoms. The van der Waals surface area contributed by atoms with Gasteiger partial charge in [-0.1, -0.05) is 24.8 Å². The molecule has 5 atom stereocenters. The highest BCUT2D eigenvalue weighted by Crippen LogP contribution is 2.62. The lowest BCUT2D eigenvalue weighted by atomic mass is 9.75. The van der Waals surface area contributed by atoms with Crippen molar-refractivity contribution in [1.82, 2.24) is 0 Å². The lowest BCUT2D eigenvalue weighted by Gasteiger charge is -2.29. The first-order valence-electron chi connectivity index (χ1n) is 7.67. The Morgan fingerprint density at radius 2 is 2.14 bits per heavy atom. The molecule has 1 saturated heterocycles. The second-order valence-electron chi connectivity index (χ2n) is 6.79. The van der Waals surface area contributed by atoms with E-state index in [0.29, 0.717) is 5.56 Å². The van der Waals surface area contributed by atoms with Crippen LogP contribution < -0.4 is 0 Å². The summed E-state index contributed by atoms with van der Waals surface area (Å²) >= 11 is 0. The number of hydrogen-bond acceptors (Lipinski definition) is 4. The normalized spacial score (nSPS) is 38.0. The molecule has 4 rings (SSSR count). The van der Waals surface area contributed by atoms with E-state index in [1.54, 1.807) is 18.2 Å². The fraction of sp³-hybridized carbons (Fsp3) is 0.444. The maximum Gasteiger partial charge on any atom is 0.338 e. The predicted molar refractivity (Wildman–Crippen MR) is 79.9 cm³/mol. The minimum absolute atomic E-state index is 0.126. The van der Waals surface area contributed by atoms with Crippen LogP contribution >= 0.6 is 0 Å². The number of benzene rings is 1. The van der Waals surface area contributed by atoms with Gasteiger partial charge in [0.15, 0.2) is 0 Å². The van der Waals surface area contributed by atoms with Crippen molar-refractivity contribution in [1.29, 1.82) is 0 Å². The summed E-state index contributed by atoms with van der Waals surface area (Å²) in [6.07, 6.45) is 2.86. The first kappa shape index (κ1) is 13.6. The first-order chi connectivity index (χ1) is 10.5. The van der Waals surface area contributed by atoms with Crippen LogP contribution in [-0.4, -0.2) is 24.1 Å². The quantitative estimate of drug-likeness (QED) is 0.805. The minimum Gasteiger partial charge on any atom is -0.458 e. The molecule has 1 aromatic rings. The van der Waals surface area contributed by atoms with E-state index in [2.05, 4.69) is 6.58 Å². The van der Waals surface area contributed by atoms with E-state index >= 15 is 0 Å². The molecular formula is C18H18O4. The van der Waals surface area contributed by atoms with Crippen LogP contribution in [0.15, 0.2) is 30.8 Å². The molecule has 22 heavy (non-hydrogen) atoms. The van der Waals surface area contributed by atoms with Crippen molar-refractivity contribution in [3.63, 3.8) is 0 Å². The molecule has 0 amide bonds.